The number of rotatable bonds is 7. The molecule has 0 aliphatic carbocycles. The predicted octanol–water partition coefficient (Wildman–Crippen LogP) is 2.27. The van der Waals surface area contributed by atoms with Crippen LogP contribution in [0.3, 0.4) is 0 Å². The molecule has 0 unspecified atom stereocenters. The molecule has 0 aromatic heterocycles. The summed E-state index contributed by atoms with van der Waals surface area (Å²) in [5.41, 5.74) is 1.98. The zero-order chi connectivity index (χ0) is 17.4. The van der Waals surface area contributed by atoms with Crippen LogP contribution in [0.2, 0.25) is 0 Å². The summed E-state index contributed by atoms with van der Waals surface area (Å²) in [6.07, 6.45) is 0.365. The molecule has 5 nitrogen and oxygen atoms in total. The van der Waals surface area contributed by atoms with Gasteiger partial charge in [-0.1, -0.05) is 42.5 Å². The van der Waals surface area contributed by atoms with Gasteiger partial charge in [-0.3, -0.25) is 4.79 Å². The Bertz CT molecular complexity index is 685. The number of aryl methyl sites for hydroxylation is 1. The van der Waals surface area contributed by atoms with Crippen molar-refractivity contribution >= 4 is 11.9 Å². The van der Waals surface area contributed by atoms with Gasteiger partial charge in [-0.05, 0) is 30.2 Å². The monoisotopic (exact) mass is 327 g/mol. The first-order valence-corrected chi connectivity index (χ1v) is 7.69. The van der Waals surface area contributed by atoms with Crippen LogP contribution in [0.15, 0.2) is 54.6 Å². The summed E-state index contributed by atoms with van der Waals surface area (Å²) in [7, 11) is 1.30. The van der Waals surface area contributed by atoms with Crippen LogP contribution in [-0.2, 0) is 20.7 Å². The first-order chi connectivity index (χ1) is 11.6. The van der Waals surface area contributed by atoms with Gasteiger partial charge >= 0.3 is 5.97 Å². The van der Waals surface area contributed by atoms with E-state index in [0.29, 0.717) is 12.2 Å². The van der Waals surface area contributed by atoms with Gasteiger partial charge in [0.25, 0.3) is 5.91 Å². The molecule has 0 fully saturated rings. The fraction of sp³-hybridized carbons (Fsp3) is 0.263. The first-order valence-electron chi connectivity index (χ1n) is 7.69. The van der Waals surface area contributed by atoms with Crippen LogP contribution in [0.25, 0.3) is 0 Å². The molecular weight excluding hydrogens is 306 g/mol. The van der Waals surface area contributed by atoms with Crippen molar-refractivity contribution < 1.29 is 19.1 Å². The largest absolute Gasteiger partial charge is 0.484 e. The van der Waals surface area contributed by atoms with E-state index in [2.05, 4.69) is 5.32 Å². The third-order valence-corrected chi connectivity index (χ3v) is 3.46. The second-order valence-electron chi connectivity index (χ2n) is 5.44. The molecule has 0 bridgehead atoms. The van der Waals surface area contributed by atoms with Crippen LogP contribution in [0.4, 0.5) is 0 Å². The van der Waals surface area contributed by atoms with E-state index in [4.69, 9.17) is 9.47 Å². The predicted molar refractivity (Wildman–Crippen MR) is 90.8 cm³/mol. The topological polar surface area (TPSA) is 64.6 Å². The van der Waals surface area contributed by atoms with E-state index in [0.717, 1.165) is 11.1 Å². The minimum atomic E-state index is -0.744. The molecule has 1 amide bonds. The lowest BCUT2D eigenvalue weighted by atomic mass is 10.1. The minimum Gasteiger partial charge on any atom is -0.484 e. The van der Waals surface area contributed by atoms with Crippen molar-refractivity contribution in [3.63, 3.8) is 0 Å². The van der Waals surface area contributed by atoms with Gasteiger partial charge < -0.3 is 14.8 Å². The summed E-state index contributed by atoms with van der Waals surface area (Å²) < 4.78 is 10.2. The molecule has 126 valence electrons. The maximum atomic E-state index is 12.1. The highest BCUT2D eigenvalue weighted by molar-refractivity contribution is 5.85. The third-order valence-electron chi connectivity index (χ3n) is 3.46. The van der Waals surface area contributed by atoms with Crippen LogP contribution >= 0.6 is 0 Å². The Morgan fingerprint density at radius 3 is 2.50 bits per heavy atom. The Labute approximate surface area is 141 Å². The molecule has 0 aliphatic rings. The quantitative estimate of drug-likeness (QED) is 0.793. The summed E-state index contributed by atoms with van der Waals surface area (Å²) in [6.45, 7) is 1.78. The Kier molecular flexibility index (Phi) is 6.37. The number of nitrogens with one attached hydrogen (secondary N) is 1. The fourth-order valence-corrected chi connectivity index (χ4v) is 2.28. The number of carbonyl (C=O) groups excluding carboxylic acids is 2. The maximum Gasteiger partial charge on any atom is 0.328 e. The molecule has 2 rings (SSSR count). The van der Waals surface area contributed by atoms with Crippen molar-refractivity contribution in [2.75, 3.05) is 13.7 Å². The van der Waals surface area contributed by atoms with Gasteiger partial charge in [-0.25, -0.2) is 4.79 Å². The average molecular weight is 327 g/mol. The molecule has 2 aromatic carbocycles. The summed E-state index contributed by atoms with van der Waals surface area (Å²) in [4.78, 5) is 24.0. The standard InChI is InChI=1S/C19H21NO4/c1-14-7-6-10-16(11-14)24-13-18(21)20-17(19(22)23-2)12-15-8-4-3-5-9-15/h3-11,17H,12-13H2,1-2H3,(H,20,21)/t17-/m0/s1. The average Bonchev–Trinajstić information content (AvgIpc) is 2.59. The van der Waals surface area contributed by atoms with Gasteiger partial charge in [0, 0.05) is 6.42 Å². The zero-order valence-electron chi connectivity index (χ0n) is 13.8. The lowest BCUT2D eigenvalue weighted by Gasteiger charge is -2.17. The molecule has 1 atom stereocenters. The number of carbonyl (C=O) groups is 2. The highest BCUT2D eigenvalue weighted by atomic mass is 16.5. The smallest absolute Gasteiger partial charge is 0.328 e. The van der Waals surface area contributed by atoms with Gasteiger partial charge in [0.05, 0.1) is 7.11 Å². The van der Waals surface area contributed by atoms with Gasteiger partial charge in [-0.2, -0.15) is 0 Å². The van der Waals surface area contributed by atoms with Crippen molar-refractivity contribution in [1.82, 2.24) is 5.32 Å². The normalized spacial score (nSPS) is 11.4. The number of amides is 1. The van der Waals surface area contributed by atoms with Crippen molar-refractivity contribution in [2.45, 2.75) is 19.4 Å². The van der Waals surface area contributed by atoms with Crippen LogP contribution in [0.1, 0.15) is 11.1 Å². The number of ether oxygens (including phenoxy) is 2. The Morgan fingerprint density at radius 1 is 1.08 bits per heavy atom. The highest BCUT2D eigenvalue weighted by Crippen LogP contribution is 2.12. The minimum absolute atomic E-state index is 0.161. The Balaban J connectivity index is 1.93. The van der Waals surface area contributed by atoms with Crippen molar-refractivity contribution in [3.05, 3.63) is 65.7 Å². The number of benzene rings is 2. The Hall–Kier alpha value is -2.82. The third kappa shape index (κ3) is 5.43. The van der Waals surface area contributed by atoms with Crippen molar-refractivity contribution in [2.24, 2.45) is 0 Å². The van der Waals surface area contributed by atoms with Crippen LogP contribution in [0, 0.1) is 6.92 Å². The molecule has 2 aromatic rings. The Morgan fingerprint density at radius 2 is 1.83 bits per heavy atom. The number of hydrogen-bond donors (Lipinski definition) is 1. The van der Waals surface area contributed by atoms with E-state index in [9.17, 15) is 9.59 Å². The number of hydrogen-bond acceptors (Lipinski definition) is 4. The first kappa shape index (κ1) is 17.5. The SMILES string of the molecule is COC(=O)[C@H](Cc1ccccc1)NC(=O)COc1cccc(C)c1. The van der Waals surface area contributed by atoms with Gasteiger partial charge in [0.15, 0.2) is 6.61 Å². The van der Waals surface area contributed by atoms with Crippen molar-refractivity contribution in [3.8, 4) is 5.75 Å². The molecule has 1 N–H and O–H groups in total. The molecule has 0 saturated heterocycles. The fourth-order valence-electron chi connectivity index (χ4n) is 2.28. The molecule has 24 heavy (non-hydrogen) atoms. The molecule has 0 saturated carbocycles. The maximum absolute atomic E-state index is 12.1. The van der Waals surface area contributed by atoms with Gasteiger partial charge in [-0.15, -0.1) is 0 Å². The molecule has 0 aliphatic heterocycles. The summed E-state index contributed by atoms with van der Waals surface area (Å²) >= 11 is 0. The summed E-state index contributed by atoms with van der Waals surface area (Å²) in [5, 5.41) is 2.66. The summed E-state index contributed by atoms with van der Waals surface area (Å²) in [6, 6.07) is 16.1. The lowest BCUT2D eigenvalue weighted by Crippen LogP contribution is -2.44. The van der Waals surface area contributed by atoms with Crippen LogP contribution < -0.4 is 10.1 Å². The van der Waals surface area contributed by atoms with E-state index in [1.807, 2.05) is 55.5 Å². The van der Waals surface area contributed by atoms with E-state index >= 15 is 0 Å². The lowest BCUT2D eigenvalue weighted by molar-refractivity contribution is -0.145. The molecular formula is C19H21NO4. The van der Waals surface area contributed by atoms with Crippen LogP contribution in [0.5, 0.6) is 5.75 Å². The summed E-state index contributed by atoms with van der Waals surface area (Å²) in [5.74, 6) is -0.242. The van der Waals surface area contributed by atoms with Crippen LogP contribution in [-0.4, -0.2) is 31.6 Å². The van der Waals surface area contributed by atoms with Gasteiger partial charge in [0.2, 0.25) is 0 Å². The van der Waals surface area contributed by atoms with E-state index in [1.165, 1.54) is 7.11 Å². The molecule has 5 heteroatoms. The van der Waals surface area contributed by atoms with Gasteiger partial charge in [0.1, 0.15) is 11.8 Å². The second kappa shape index (κ2) is 8.72. The van der Waals surface area contributed by atoms with E-state index in [1.54, 1.807) is 6.07 Å². The van der Waals surface area contributed by atoms with E-state index < -0.39 is 12.0 Å². The molecule has 0 heterocycles. The second-order valence-corrected chi connectivity index (χ2v) is 5.44. The van der Waals surface area contributed by atoms with Crippen molar-refractivity contribution in [1.29, 1.82) is 0 Å². The molecule has 0 radical (unpaired) electrons. The zero-order valence-corrected chi connectivity index (χ0v) is 13.8. The highest BCUT2D eigenvalue weighted by Gasteiger charge is 2.22. The van der Waals surface area contributed by atoms with E-state index in [-0.39, 0.29) is 12.5 Å². The molecule has 0 spiro atoms. The number of methoxy groups -OCH3 is 1. The number of esters is 1.